The van der Waals surface area contributed by atoms with Gasteiger partial charge in [0.15, 0.2) is 0 Å². The molecule has 0 saturated heterocycles. The fourth-order valence-electron chi connectivity index (χ4n) is 1.17. The maximum atomic E-state index is 8.99. The third-order valence-corrected chi connectivity index (χ3v) is 2.98. The Bertz CT molecular complexity index is 222. The second kappa shape index (κ2) is 5.32. The monoisotopic (exact) mass is 200 g/mol. The summed E-state index contributed by atoms with van der Waals surface area (Å²) >= 11 is 1.64. The summed E-state index contributed by atoms with van der Waals surface area (Å²) in [4.78, 5) is 4.21. The van der Waals surface area contributed by atoms with Crippen LogP contribution in [0.4, 0.5) is 0 Å². The SMILES string of the molecule is CCC(CO)NC(C)c1nccs1. The molecule has 0 fully saturated rings. The number of thiazole rings is 1. The average molecular weight is 200 g/mol. The van der Waals surface area contributed by atoms with Crippen molar-refractivity contribution in [3.63, 3.8) is 0 Å². The number of nitrogens with one attached hydrogen (secondary N) is 1. The first-order chi connectivity index (χ1) is 6.27. The highest BCUT2D eigenvalue weighted by Gasteiger charge is 2.12. The molecule has 0 radical (unpaired) electrons. The van der Waals surface area contributed by atoms with Crippen molar-refractivity contribution in [3.8, 4) is 0 Å². The van der Waals surface area contributed by atoms with Crippen LogP contribution >= 0.6 is 11.3 Å². The average Bonchev–Trinajstić information content (AvgIpc) is 2.66. The minimum atomic E-state index is 0.180. The third kappa shape index (κ3) is 3.06. The maximum Gasteiger partial charge on any atom is 0.109 e. The predicted octanol–water partition coefficient (Wildman–Crippen LogP) is 1.56. The molecule has 0 spiro atoms. The lowest BCUT2D eigenvalue weighted by atomic mass is 10.2. The number of nitrogens with zero attached hydrogens (tertiary/aromatic N) is 1. The molecule has 1 aromatic rings. The summed E-state index contributed by atoms with van der Waals surface area (Å²) in [5, 5.41) is 15.4. The van der Waals surface area contributed by atoms with Gasteiger partial charge in [-0.3, -0.25) is 0 Å². The lowest BCUT2D eigenvalue weighted by molar-refractivity contribution is 0.230. The molecule has 0 saturated carbocycles. The van der Waals surface area contributed by atoms with E-state index in [0.29, 0.717) is 0 Å². The molecular weight excluding hydrogens is 184 g/mol. The smallest absolute Gasteiger partial charge is 0.109 e. The van der Waals surface area contributed by atoms with E-state index in [2.05, 4.69) is 24.1 Å². The normalized spacial score (nSPS) is 15.6. The van der Waals surface area contributed by atoms with Crippen LogP contribution in [0.3, 0.4) is 0 Å². The van der Waals surface area contributed by atoms with Crippen molar-refractivity contribution in [3.05, 3.63) is 16.6 Å². The second-order valence-corrected chi connectivity index (χ2v) is 3.97. The van der Waals surface area contributed by atoms with Crippen LogP contribution in [0.25, 0.3) is 0 Å². The van der Waals surface area contributed by atoms with Gasteiger partial charge in [-0.05, 0) is 13.3 Å². The third-order valence-electron chi connectivity index (χ3n) is 2.02. The molecule has 2 atom stereocenters. The van der Waals surface area contributed by atoms with E-state index >= 15 is 0 Å². The Balaban J connectivity index is 2.45. The van der Waals surface area contributed by atoms with E-state index in [1.54, 1.807) is 17.5 Å². The first-order valence-electron chi connectivity index (χ1n) is 4.54. The summed E-state index contributed by atoms with van der Waals surface area (Å²) in [7, 11) is 0. The minimum Gasteiger partial charge on any atom is -0.395 e. The summed E-state index contributed by atoms with van der Waals surface area (Å²) in [6, 6.07) is 0.413. The van der Waals surface area contributed by atoms with Gasteiger partial charge in [0.1, 0.15) is 5.01 Å². The van der Waals surface area contributed by atoms with Crippen LogP contribution < -0.4 is 5.32 Å². The molecule has 4 heteroatoms. The molecule has 3 nitrogen and oxygen atoms in total. The molecule has 0 aliphatic heterocycles. The van der Waals surface area contributed by atoms with Gasteiger partial charge < -0.3 is 10.4 Å². The molecule has 0 aliphatic carbocycles. The summed E-state index contributed by atoms with van der Waals surface area (Å²) in [6.45, 7) is 4.31. The van der Waals surface area contributed by atoms with Crippen LogP contribution in [0.2, 0.25) is 0 Å². The second-order valence-electron chi connectivity index (χ2n) is 3.05. The van der Waals surface area contributed by atoms with Crippen LogP contribution in [-0.4, -0.2) is 22.7 Å². The molecule has 2 N–H and O–H groups in total. The molecule has 0 aromatic carbocycles. The van der Waals surface area contributed by atoms with E-state index in [0.717, 1.165) is 11.4 Å². The van der Waals surface area contributed by atoms with Gasteiger partial charge in [0.2, 0.25) is 0 Å². The number of aliphatic hydroxyl groups excluding tert-OH is 1. The Kier molecular flexibility index (Phi) is 4.35. The van der Waals surface area contributed by atoms with Crippen LogP contribution in [0.1, 0.15) is 31.3 Å². The Labute approximate surface area is 82.8 Å². The predicted molar refractivity (Wildman–Crippen MR) is 54.8 cm³/mol. The number of hydrogen-bond donors (Lipinski definition) is 2. The summed E-state index contributed by atoms with van der Waals surface area (Å²) < 4.78 is 0. The lowest BCUT2D eigenvalue weighted by Gasteiger charge is -2.18. The van der Waals surface area contributed by atoms with Crippen molar-refractivity contribution in [2.45, 2.75) is 32.4 Å². The molecular formula is C9H16N2OS. The van der Waals surface area contributed by atoms with Crippen LogP contribution in [0, 0.1) is 0 Å². The summed E-state index contributed by atoms with van der Waals surface area (Å²) in [5.41, 5.74) is 0. The minimum absolute atomic E-state index is 0.180. The van der Waals surface area contributed by atoms with Crippen LogP contribution in [0.15, 0.2) is 11.6 Å². The van der Waals surface area contributed by atoms with Crippen molar-refractivity contribution >= 4 is 11.3 Å². The zero-order chi connectivity index (χ0) is 9.68. The fourth-order valence-corrected chi connectivity index (χ4v) is 1.83. The van der Waals surface area contributed by atoms with E-state index in [9.17, 15) is 0 Å². The van der Waals surface area contributed by atoms with Gasteiger partial charge in [-0.2, -0.15) is 0 Å². The van der Waals surface area contributed by atoms with E-state index < -0.39 is 0 Å². The fraction of sp³-hybridized carbons (Fsp3) is 0.667. The van der Waals surface area contributed by atoms with Crippen molar-refractivity contribution in [2.24, 2.45) is 0 Å². The Morgan fingerprint density at radius 1 is 1.69 bits per heavy atom. The largest absolute Gasteiger partial charge is 0.395 e. The Morgan fingerprint density at radius 3 is 2.92 bits per heavy atom. The zero-order valence-corrected chi connectivity index (χ0v) is 8.84. The van der Waals surface area contributed by atoms with Crippen LogP contribution in [-0.2, 0) is 0 Å². The highest BCUT2D eigenvalue weighted by molar-refractivity contribution is 7.09. The maximum absolute atomic E-state index is 8.99. The van der Waals surface area contributed by atoms with E-state index in [1.165, 1.54) is 0 Å². The Hall–Kier alpha value is -0.450. The van der Waals surface area contributed by atoms with Gasteiger partial charge in [-0.25, -0.2) is 4.98 Å². The van der Waals surface area contributed by atoms with Gasteiger partial charge in [-0.1, -0.05) is 6.92 Å². The van der Waals surface area contributed by atoms with Gasteiger partial charge in [0, 0.05) is 17.6 Å². The summed E-state index contributed by atoms with van der Waals surface area (Å²) in [6.07, 6.45) is 2.74. The number of aliphatic hydroxyl groups is 1. The lowest BCUT2D eigenvalue weighted by Crippen LogP contribution is -2.33. The highest BCUT2D eigenvalue weighted by Crippen LogP contribution is 2.15. The molecule has 1 aromatic heterocycles. The van der Waals surface area contributed by atoms with Gasteiger partial charge in [-0.15, -0.1) is 11.3 Å². The van der Waals surface area contributed by atoms with Crippen molar-refractivity contribution in [1.29, 1.82) is 0 Å². The van der Waals surface area contributed by atoms with Crippen molar-refractivity contribution < 1.29 is 5.11 Å². The highest BCUT2D eigenvalue weighted by atomic mass is 32.1. The molecule has 0 amide bonds. The molecule has 74 valence electrons. The zero-order valence-electron chi connectivity index (χ0n) is 8.03. The first-order valence-corrected chi connectivity index (χ1v) is 5.42. The summed E-state index contributed by atoms with van der Waals surface area (Å²) in [5.74, 6) is 0. The molecule has 0 bridgehead atoms. The van der Waals surface area contributed by atoms with Gasteiger partial charge in [0.05, 0.1) is 12.6 Å². The molecule has 1 rings (SSSR count). The molecule has 0 aliphatic rings. The molecule has 2 unspecified atom stereocenters. The van der Waals surface area contributed by atoms with E-state index in [4.69, 9.17) is 5.11 Å². The van der Waals surface area contributed by atoms with E-state index in [-0.39, 0.29) is 18.7 Å². The van der Waals surface area contributed by atoms with E-state index in [1.807, 2.05) is 5.38 Å². The standard InChI is InChI=1S/C9H16N2OS/c1-3-8(6-12)11-7(2)9-10-4-5-13-9/h4-5,7-8,11-12H,3,6H2,1-2H3. The topological polar surface area (TPSA) is 45.1 Å². The molecule has 13 heavy (non-hydrogen) atoms. The van der Waals surface area contributed by atoms with Crippen molar-refractivity contribution in [2.75, 3.05) is 6.61 Å². The Morgan fingerprint density at radius 2 is 2.46 bits per heavy atom. The van der Waals surface area contributed by atoms with Gasteiger partial charge >= 0.3 is 0 Å². The molecule has 1 heterocycles. The number of hydrogen-bond acceptors (Lipinski definition) is 4. The quantitative estimate of drug-likeness (QED) is 0.758. The van der Waals surface area contributed by atoms with Crippen molar-refractivity contribution in [1.82, 2.24) is 10.3 Å². The number of rotatable bonds is 5. The van der Waals surface area contributed by atoms with Crippen LogP contribution in [0.5, 0.6) is 0 Å². The first kappa shape index (κ1) is 10.6. The van der Waals surface area contributed by atoms with Gasteiger partial charge in [0.25, 0.3) is 0 Å². The number of aromatic nitrogens is 1.